The van der Waals surface area contributed by atoms with E-state index in [0.717, 1.165) is 0 Å². The van der Waals surface area contributed by atoms with Crippen molar-refractivity contribution in [2.24, 2.45) is 0 Å². The lowest BCUT2D eigenvalue weighted by Crippen LogP contribution is -2.16. The Morgan fingerprint density at radius 1 is 1.17 bits per heavy atom. The summed E-state index contributed by atoms with van der Waals surface area (Å²) in [4.78, 5) is 26.9. The zero-order chi connectivity index (χ0) is 12.7. The molecular weight excluding hydrogens is 234 g/mol. The van der Waals surface area contributed by atoms with E-state index in [4.69, 9.17) is 9.52 Å². The van der Waals surface area contributed by atoms with Crippen LogP contribution >= 0.6 is 0 Å². The van der Waals surface area contributed by atoms with Crippen LogP contribution in [0.1, 0.15) is 10.4 Å². The number of aromatic nitrogens is 1. The van der Waals surface area contributed by atoms with Gasteiger partial charge in [-0.1, -0.05) is 12.1 Å². The smallest absolute Gasteiger partial charge is 0.343 e. The van der Waals surface area contributed by atoms with Gasteiger partial charge in [-0.3, -0.25) is 4.79 Å². The van der Waals surface area contributed by atoms with Gasteiger partial charge in [0.25, 0.3) is 0 Å². The molecule has 1 aromatic carbocycles. The number of hydrogen-bond acceptors (Lipinski definition) is 4. The van der Waals surface area contributed by atoms with E-state index in [1.165, 1.54) is 12.1 Å². The lowest BCUT2D eigenvalue weighted by Gasteiger charge is -2.07. The van der Waals surface area contributed by atoms with Crippen LogP contribution in [0.4, 0.5) is 0 Å². The molecule has 0 aromatic heterocycles. The minimum absolute atomic E-state index is 0.00806. The lowest BCUT2D eigenvalue weighted by atomic mass is 10.1. The van der Waals surface area contributed by atoms with Crippen LogP contribution < -0.4 is 5.43 Å². The van der Waals surface area contributed by atoms with Crippen molar-refractivity contribution in [1.82, 2.24) is 4.98 Å². The SMILES string of the molecule is O=C(O)c1c2oc3ccccc3nc-2ccc1=O. The third kappa shape index (κ3) is 1.45. The van der Waals surface area contributed by atoms with E-state index in [9.17, 15) is 9.59 Å². The van der Waals surface area contributed by atoms with Gasteiger partial charge in [0.2, 0.25) is 0 Å². The molecule has 0 spiro atoms. The molecule has 0 bridgehead atoms. The number of carboxylic acids is 1. The Morgan fingerprint density at radius 3 is 2.72 bits per heavy atom. The highest BCUT2D eigenvalue weighted by Gasteiger charge is 2.21. The largest absolute Gasteiger partial charge is 0.477 e. The summed E-state index contributed by atoms with van der Waals surface area (Å²) in [6.07, 6.45) is 0. The second-order valence-electron chi connectivity index (χ2n) is 3.77. The summed E-state index contributed by atoms with van der Waals surface area (Å²) in [7, 11) is 0. The zero-order valence-corrected chi connectivity index (χ0v) is 9.08. The maximum Gasteiger partial charge on any atom is 0.343 e. The van der Waals surface area contributed by atoms with Crippen LogP contribution in [-0.4, -0.2) is 16.1 Å². The summed E-state index contributed by atoms with van der Waals surface area (Å²) in [6, 6.07) is 9.62. The number of hydrogen-bond donors (Lipinski definition) is 1. The van der Waals surface area contributed by atoms with E-state index in [1.807, 2.05) is 0 Å². The van der Waals surface area contributed by atoms with Gasteiger partial charge in [-0.25, -0.2) is 9.78 Å². The molecule has 0 fully saturated rings. The second-order valence-corrected chi connectivity index (χ2v) is 3.77. The molecule has 1 N–H and O–H groups in total. The van der Waals surface area contributed by atoms with Crippen molar-refractivity contribution in [3.05, 3.63) is 52.2 Å². The molecule has 3 rings (SSSR count). The molecule has 5 nitrogen and oxygen atoms in total. The molecule has 1 aliphatic heterocycles. The van der Waals surface area contributed by atoms with Crippen molar-refractivity contribution >= 4 is 17.1 Å². The summed E-state index contributed by atoms with van der Waals surface area (Å²) < 4.78 is 5.48. The summed E-state index contributed by atoms with van der Waals surface area (Å²) in [5.74, 6) is -1.31. The van der Waals surface area contributed by atoms with E-state index in [0.29, 0.717) is 16.8 Å². The normalized spacial score (nSPS) is 10.9. The highest BCUT2D eigenvalue weighted by atomic mass is 16.4. The van der Waals surface area contributed by atoms with E-state index < -0.39 is 11.4 Å². The predicted octanol–water partition coefficient (Wildman–Crippen LogP) is 1.99. The van der Waals surface area contributed by atoms with Crippen molar-refractivity contribution in [3.8, 4) is 11.5 Å². The van der Waals surface area contributed by atoms with Crippen molar-refractivity contribution in [2.45, 2.75) is 0 Å². The van der Waals surface area contributed by atoms with E-state index in [1.54, 1.807) is 24.3 Å². The van der Waals surface area contributed by atoms with E-state index in [-0.39, 0.29) is 11.3 Å². The second kappa shape index (κ2) is 3.66. The van der Waals surface area contributed by atoms with Crippen molar-refractivity contribution in [3.63, 3.8) is 0 Å². The van der Waals surface area contributed by atoms with E-state index >= 15 is 0 Å². The molecule has 1 aliphatic carbocycles. The minimum Gasteiger partial charge on any atom is -0.477 e. The number of fused-ring (bicyclic) bond motifs is 2. The highest BCUT2D eigenvalue weighted by Crippen LogP contribution is 2.26. The first-order valence-corrected chi connectivity index (χ1v) is 5.23. The molecule has 0 unspecified atom stereocenters. The third-order valence-corrected chi connectivity index (χ3v) is 2.63. The van der Waals surface area contributed by atoms with Crippen LogP contribution in [0.2, 0.25) is 0 Å². The van der Waals surface area contributed by atoms with E-state index in [2.05, 4.69) is 4.98 Å². The zero-order valence-electron chi connectivity index (χ0n) is 9.08. The van der Waals surface area contributed by atoms with Crippen molar-refractivity contribution in [1.29, 1.82) is 0 Å². The average molecular weight is 241 g/mol. The van der Waals surface area contributed by atoms with Gasteiger partial charge >= 0.3 is 5.97 Å². The summed E-state index contributed by atoms with van der Waals surface area (Å²) in [5.41, 5.74) is 0.436. The summed E-state index contributed by atoms with van der Waals surface area (Å²) >= 11 is 0. The van der Waals surface area contributed by atoms with Crippen molar-refractivity contribution < 1.29 is 14.3 Å². The van der Waals surface area contributed by atoms with Crippen LogP contribution in [0.5, 0.6) is 0 Å². The number of carbonyl (C=O) groups is 1. The molecule has 0 saturated heterocycles. The molecule has 18 heavy (non-hydrogen) atoms. The first-order valence-electron chi connectivity index (χ1n) is 5.23. The fraction of sp³-hybridized carbons (Fsp3) is 0. The standard InChI is InChI=1S/C13H7NO4/c15-9-6-5-8-12(11(9)13(16)17)18-10-4-2-1-3-7(10)14-8/h1-6H,(H,16,17). The van der Waals surface area contributed by atoms with Gasteiger partial charge in [-0.05, 0) is 24.3 Å². The first-order chi connectivity index (χ1) is 8.66. The highest BCUT2D eigenvalue weighted by molar-refractivity contribution is 5.95. The minimum atomic E-state index is -1.31. The number of benzene rings is 2. The molecule has 2 aliphatic rings. The molecule has 1 aromatic rings. The maximum absolute atomic E-state index is 11.5. The van der Waals surface area contributed by atoms with Gasteiger partial charge in [0.15, 0.2) is 22.3 Å². The number of carboxylic acid groups (broad SMARTS) is 1. The topological polar surface area (TPSA) is 80.4 Å². The van der Waals surface area contributed by atoms with Crippen LogP contribution in [0.25, 0.3) is 22.6 Å². The molecule has 88 valence electrons. The lowest BCUT2D eigenvalue weighted by molar-refractivity contribution is 0.0694. The quantitative estimate of drug-likeness (QED) is 0.659. The maximum atomic E-state index is 11.5. The van der Waals surface area contributed by atoms with Crippen molar-refractivity contribution in [2.75, 3.05) is 0 Å². The Kier molecular flexibility index (Phi) is 2.13. The van der Waals surface area contributed by atoms with Crippen LogP contribution in [-0.2, 0) is 0 Å². The average Bonchev–Trinajstić information content (AvgIpc) is 2.36. The van der Waals surface area contributed by atoms with Crippen LogP contribution in [0, 0.1) is 0 Å². The summed E-state index contributed by atoms with van der Waals surface area (Å²) in [5, 5.41) is 9.05. The van der Waals surface area contributed by atoms with Crippen LogP contribution in [0.15, 0.2) is 45.6 Å². The third-order valence-electron chi connectivity index (χ3n) is 2.63. The molecule has 0 radical (unpaired) electrons. The number of nitrogens with zero attached hydrogens (tertiary/aromatic N) is 1. The van der Waals surface area contributed by atoms with Gasteiger partial charge in [0.1, 0.15) is 11.2 Å². The molecular formula is C13H7NO4. The number of rotatable bonds is 1. The van der Waals surface area contributed by atoms with Crippen LogP contribution in [0.3, 0.4) is 0 Å². The number of para-hydroxylation sites is 2. The fourth-order valence-corrected chi connectivity index (χ4v) is 1.82. The van der Waals surface area contributed by atoms with Gasteiger partial charge in [0, 0.05) is 0 Å². The first kappa shape index (κ1) is 10.5. The Hall–Kier alpha value is -2.69. The van der Waals surface area contributed by atoms with Gasteiger partial charge < -0.3 is 9.52 Å². The summed E-state index contributed by atoms with van der Waals surface area (Å²) in [6.45, 7) is 0. The molecule has 5 heteroatoms. The number of aromatic carboxylic acids is 1. The Bertz CT molecular complexity index is 791. The Balaban J connectivity index is 2.50. The fourth-order valence-electron chi connectivity index (χ4n) is 1.82. The Labute approximate surface area is 101 Å². The van der Waals surface area contributed by atoms with Gasteiger partial charge in [0.05, 0.1) is 0 Å². The molecule has 0 saturated carbocycles. The Morgan fingerprint density at radius 2 is 1.94 bits per heavy atom. The van der Waals surface area contributed by atoms with Gasteiger partial charge in [-0.2, -0.15) is 0 Å². The van der Waals surface area contributed by atoms with Gasteiger partial charge in [-0.15, -0.1) is 0 Å². The molecule has 0 amide bonds. The predicted molar refractivity (Wildman–Crippen MR) is 63.9 cm³/mol. The monoisotopic (exact) mass is 241 g/mol. The molecule has 0 atom stereocenters. The molecule has 1 heterocycles.